The average Bonchev–Trinajstić information content (AvgIpc) is 2.15. The molecule has 78 valence electrons. The normalized spacial score (nSPS) is 10.0. The van der Waals surface area contributed by atoms with Crippen LogP contribution in [0.4, 0.5) is 20.3 Å². The van der Waals surface area contributed by atoms with Gasteiger partial charge < -0.3 is 15.8 Å². The Bertz CT molecular complexity index is 455. The highest BCUT2D eigenvalue weighted by Gasteiger charge is 2.25. The highest BCUT2D eigenvalue weighted by atomic mass is 19.3. The first-order valence-corrected chi connectivity index (χ1v) is 3.60. The van der Waals surface area contributed by atoms with E-state index in [0.29, 0.717) is 6.07 Å². The van der Waals surface area contributed by atoms with Gasteiger partial charge in [-0.15, -0.1) is 0 Å². The van der Waals surface area contributed by atoms with E-state index >= 15 is 0 Å². The number of anilines is 1. The fourth-order valence-corrected chi connectivity index (χ4v) is 0.969. The van der Waals surface area contributed by atoms with Crippen LogP contribution in [0.15, 0.2) is 6.07 Å². The van der Waals surface area contributed by atoms with Crippen molar-refractivity contribution in [2.24, 2.45) is 0 Å². The van der Waals surface area contributed by atoms with Gasteiger partial charge in [0.05, 0.1) is 11.8 Å². The molecule has 0 radical (unpaired) electrons. The molecule has 0 bridgehead atoms. The van der Waals surface area contributed by atoms with Crippen LogP contribution in [0.1, 0.15) is 17.7 Å². The van der Waals surface area contributed by atoms with E-state index in [1.54, 1.807) is 0 Å². The third-order valence-corrected chi connectivity index (χ3v) is 1.59. The summed E-state index contributed by atoms with van der Waals surface area (Å²) in [5.41, 5.74) is 3.15. The molecule has 1 aromatic heterocycles. The fourth-order valence-electron chi connectivity index (χ4n) is 0.969. The minimum atomic E-state index is -2.99. The molecular weight excluding hydrogens is 210 g/mol. The third-order valence-electron chi connectivity index (χ3n) is 1.59. The zero-order valence-corrected chi connectivity index (χ0v) is 7.15. The smallest absolute Gasteiger partial charge is 0.366 e. The van der Waals surface area contributed by atoms with Crippen molar-refractivity contribution in [1.29, 1.82) is 5.26 Å². The standard InChI is InChI=1S/C7H4F2N4O2/c8-7(9)6-3(11)1-5(13(14)15)12-4(6)2-10/h1,7H,(H2,11,12). The van der Waals surface area contributed by atoms with E-state index in [1.165, 1.54) is 6.07 Å². The molecule has 0 atom stereocenters. The lowest BCUT2D eigenvalue weighted by Crippen LogP contribution is -2.04. The lowest BCUT2D eigenvalue weighted by atomic mass is 10.1. The molecule has 0 spiro atoms. The predicted octanol–water partition coefficient (Wildman–Crippen LogP) is 1.38. The van der Waals surface area contributed by atoms with E-state index in [2.05, 4.69) is 4.98 Å². The molecule has 1 heterocycles. The van der Waals surface area contributed by atoms with Crippen LogP contribution in [-0.2, 0) is 0 Å². The molecule has 2 N–H and O–H groups in total. The molecule has 15 heavy (non-hydrogen) atoms. The fraction of sp³-hybridized carbons (Fsp3) is 0.143. The Morgan fingerprint density at radius 3 is 2.67 bits per heavy atom. The summed E-state index contributed by atoms with van der Waals surface area (Å²) >= 11 is 0. The highest BCUT2D eigenvalue weighted by Crippen LogP contribution is 2.29. The Kier molecular flexibility index (Phi) is 2.75. The van der Waals surface area contributed by atoms with Gasteiger partial charge in [0.2, 0.25) is 0 Å². The van der Waals surface area contributed by atoms with Crippen molar-refractivity contribution in [3.8, 4) is 6.07 Å². The van der Waals surface area contributed by atoms with Gasteiger partial charge in [0.25, 0.3) is 12.1 Å². The molecule has 1 aromatic rings. The van der Waals surface area contributed by atoms with Gasteiger partial charge in [-0.1, -0.05) is 0 Å². The zero-order chi connectivity index (χ0) is 11.6. The quantitative estimate of drug-likeness (QED) is 0.591. The number of nitriles is 1. The van der Waals surface area contributed by atoms with Crippen LogP contribution >= 0.6 is 0 Å². The number of aromatic nitrogens is 1. The van der Waals surface area contributed by atoms with Gasteiger partial charge in [0, 0.05) is 0 Å². The van der Waals surface area contributed by atoms with E-state index < -0.39 is 34.1 Å². The maximum absolute atomic E-state index is 12.4. The van der Waals surface area contributed by atoms with Crippen molar-refractivity contribution >= 4 is 11.5 Å². The summed E-state index contributed by atoms with van der Waals surface area (Å²) < 4.78 is 24.7. The van der Waals surface area contributed by atoms with Crippen LogP contribution in [0, 0.1) is 21.4 Å². The van der Waals surface area contributed by atoms with Gasteiger partial charge in [-0.3, -0.25) is 0 Å². The van der Waals surface area contributed by atoms with Gasteiger partial charge in [-0.25, -0.2) is 8.78 Å². The molecule has 0 aliphatic carbocycles. The summed E-state index contributed by atoms with van der Waals surface area (Å²) in [5, 5.41) is 18.8. The second kappa shape index (κ2) is 3.83. The second-order valence-corrected chi connectivity index (χ2v) is 2.50. The number of nitrogen functional groups attached to an aromatic ring is 1. The Balaban J connectivity index is 3.46. The molecule has 8 heteroatoms. The molecule has 0 saturated heterocycles. The van der Waals surface area contributed by atoms with Crippen molar-refractivity contribution in [2.45, 2.75) is 6.43 Å². The van der Waals surface area contributed by atoms with Gasteiger partial charge in [-0.05, 0) is 9.91 Å². The molecule has 0 saturated carbocycles. The Morgan fingerprint density at radius 1 is 1.67 bits per heavy atom. The average molecular weight is 214 g/mol. The Labute approximate surface area is 82.1 Å². The lowest BCUT2D eigenvalue weighted by Gasteiger charge is -2.03. The summed E-state index contributed by atoms with van der Waals surface area (Å²) in [6, 6.07) is 2.03. The monoisotopic (exact) mass is 214 g/mol. The van der Waals surface area contributed by atoms with Gasteiger partial charge in [0.1, 0.15) is 11.6 Å². The van der Waals surface area contributed by atoms with Crippen molar-refractivity contribution < 1.29 is 13.7 Å². The van der Waals surface area contributed by atoms with Crippen LogP contribution < -0.4 is 5.73 Å². The van der Waals surface area contributed by atoms with E-state index in [-0.39, 0.29) is 0 Å². The second-order valence-electron chi connectivity index (χ2n) is 2.50. The molecule has 0 amide bonds. The van der Waals surface area contributed by atoms with Crippen molar-refractivity contribution in [3.05, 3.63) is 27.4 Å². The Hall–Kier alpha value is -2.30. The zero-order valence-electron chi connectivity index (χ0n) is 7.15. The number of nitro groups is 1. The van der Waals surface area contributed by atoms with Crippen LogP contribution in [0.3, 0.4) is 0 Å². The molecule has 0 aliphatic heterocycles. The van der Waals surface area contributed by atoms with Crippen molar-refractivity contribution in [1.82, 2.24) is 4.98 Å². The first kappa shape index (κ1) is 10.8. The van der Waals surface area contributed by atoms with Crippen molar-refractivity contribution in [3.63, 3.8) is 0 Å². The van der Waals surface area contributed by atoms with Crippen LogP contribution in [0.25, 0.3) is 0 Å². The molecule has 1 rings (SSSR count). The molecule has 0 aromatic carbocycles. The maximum Gasteiger partial charge on any atom is 0.366 e. The first-order chi connectivity index (χ1) is 6.97. The minimum Gasteiger partial charge on any atom is -0.398 e. The molecule has 6 nitrogen and oxygen atoms in total. The summed E-state index contributed by atoms with van der Waals surface area (Å²) in [5.74, 6) is -0.728. The number of hydrogen-bond acceptors (Lipinski definition) is 5. The predicted molar refractivity (Wildman–Crippen MR) is 45.0 cm³/mol. The number of pyridine rings is 1. The highest BCUT2D eigenvalue weighted by molar-refractivity contribution is 5.56. The summed E-state index contributed by atoms with van der Waals surface area (Å²) in [4.78, 5) is 12.5. The van der Waals surface area contributed by atoms with E-state index in [9.17, 15) is 18.9 Å². The topological polar surface area (TPSA) is 106 Å². The first-order valence-electron chi connectivity index (χ1n) is 3.60. The number of halogens is 2. The Morgan fingerprint density at radius 2 is 2.27 bits per heavy atom. The number of alkyl halides is 2. The molecule has 0 fully saturated rings. The number of nitrogens with two attached hydrogens (primary N) is 1. The number of rotatable bonds is 2. The molecular formula is C7H4F2N4O2. The summed E-state index contributed by atoms with van der Waals surface area (Å²) in [7, 11) is 0. The lowest BCUT2D eigenvalue weighted by molar-refractivity contribution is -0.389. The molecule has 0 aliphatic rings. The van der Waals surface area contributed by atoms with E-state index in [4.69, 9.17) is 11.0 Å². The van der Waals surface area contributed by atoms with Crippen LogP contribution in [-0.4, -0.2) is 9.91 Å². The minimum absolute atomic E-state index is 0.511. The van der Waals surface area contributed by atoms with Gasteiger partial charge in [0.15, 0.2) is 0 Å². The van der Waals surface area contributed by atoms with E-state index in [0.717, 1.165) is 0 Å². The van der Waals surface area contributed by atoms with Gasteiger partial charge >= 0.3 is 5.82 Å². The van der Waals surface area contributed by atoms with Crippen molar-refractivity contribution in [2.75, 3.05) is 5.73 Å². The van der Waals surface area contributed by atoms with Crippen LogP contribution in [0.5, 0.6) is 0 Å². The molecule has 0 unspecified atom stereocenters. The maximum atomic E-state index is 12.4. The third kappa shape index (κ3) is 1.96. The van der Waals surface area contributed by atoms with Crippen LogP contribution in [0.2, 0.25) is 0 Å². The van der Waals surface area contributed by atoms with Gasteiger partial charge in [-0.2, -0.15) is 5.26 Å². The summed E-state index contributed by atoms with van der Waals surface area (Å²) in [6.07, 6.45) is -2.99. The SMILES string of the molecule is N#Cc1nc([N+](=O)[O-])cc(N)c1C(F)F. The number of nitrogens with zero attached hydrogens (tertiary/aromatic N) is 3. The number of hydrogen-bond donors (Lipinski definition) is 1. The summed E-state index contributed by atoms with van der Waals surface area (Å²) in [6.45, 7) is 0. The van der Waals surface area contributed by atoms with E-state index in [1.807, 2.05) is 0 Å². The largest absolute Gasteiger partial charge is 0.398 e.